The number of nitrogens with zero attached hydrogens (tertiary/aromatic N) is 2. The average molecular weight is 356 g/mol. The van der Waals surface area contributed by atoms with Crippen molar-refractivity contribution in [1.29, 1.82) is 0 Å². The Morgan fingerprint density at radius 3 is 2.17 bits per heavy atom. The summed E-state index contributed by atoms with van der Waals surface area (Å²) in [6.45, 7) is 8.67. The molecule has 1 aromatic carbocycles. The Bertz CT molecular complexity index is 593. The van der Waals surface area contributed by atoms with Crippen LogP contribution in [0, 0.1) is 0 Å². The van der Waals surface area contributed by atoms with Gasteiger partial charge in [-0.25, -0.2) is 4.79 Å². The first-order valence-corrected chi connectivity index (χ1v) is 8.36. The number of anilines is 1. The molecule has 134 valence electrons. The van der Waals surface area contributed by atoms with Gasteiger partial charge in [0.1, 0.15) is 11.5 Å². The molecule has 1 N–H and O–H groups in total. The first kappa shape index (κ1) is 18.5. The fraction of sp³-hybridized carbons (Fsp3) is 0.588. The molecular formula is C17H26ClN3O3. The number of rotatable bonds is 3. The smallest absolute Gasteiger partial charge is 0.317 e. The Balaban J connectivity index is 2.08. The normalized spacial score (nSPS) is 15.2. The summed E-state index contributed by atoms with van der Waals surface area (Å²) in [6.07, 6.45) is 0. The van der Waals surface area contributed by atoms with Crippen LogP contribution in [0.15, 0.2) is 12.1 Å². The van der Waals surface area contributed by atoms with Crippen molar-refractivity contribution in [1.82, 2.24) is 10.2 Å². The number of benzene rings is 1. The number of piperazine rings is 1. The zero-order valence-corrected chi connectivity index (χ0v) is 15.7. The van der Waals surface area contributed by atoms with E-state index >= 15 is 0 Å². The Morgan fingerprint density at radius 1 is 1.08 bits per heavy atom. The van der Waals surface area contributed by atoms with Gasteiger partial charge in [0.15, 0.2) is 0 Å². The first-order chi connectivity index (χ1) is 11.2. The van der Waals surface area contributed by atoms with Gasteiger partial charge in [-0.2, -0.15) is 0 Å². The molecule has 0 aliphatic carbocycles. The van der Waals surface area contributed by atoms with E-state index in [9.17, 15) is 4.79 Å². The van der Waals surface area contributed by atoms with E-state index in [4.69, 9.17) is 21.1 Å². The molecule has 0 radical (unpaired) electrons. The molecule has 1 aliphatic rings. The third-order valence-corrected chi connectivity index (χ3v) is 4.14. The van der Waals surface area contributed by atoms with E-state index in [2.05, 4.69) is 10.2 Å². The number of nitrogens with one attached hydrogen (secondary N) is 1. The maximum atomic E-state index is 12.3. The number of urea groups is 1. The van der Waals surface area contributed by atoms with Crippen molar-refractivity contribution in [3.8, 4) is 11.5 Å². The zero-order valence-electron chi connectivity index (χ0n) is 15.0. The molecule has 2 rings (SSSR count). The molecule has 0 atom stereocenters. The number of hydrogen-bond acceptors (Lipinski definition) is 4. The van der Waals surface area contributed by atoms with Crippen LogP contribution in [-0.4, -0.2) is 56.9 Å². The summed E-state index contributed by atoms with van der Waals surface area (Å²) in [7, 11) is 3.21. The van der Waals surface area contributed by atoms with E-state index < -0.39 is 0 Å². The van der Waals surface area contributed by atoms with Crippen LogP contribution in [0.5, 0.6) is 11.5 Å². The largest absolute Gasteiger partial charge is 0.495 e. The number of amides is 2. The lowest BCUT2D eigenvalue weighted by Crippen LogP contribution is -2.55. The number of ether oxygens (including phenoxy) is 2. The van der Waals surface area contributed by atoms with Crippen LogP contribution in [0.25, 0.3) is 0 Å². The van der Waals surface area contributed by atoms with E-state index in [1.54, 1.807) is 20.3 Å². The van der Waals surface area contributed by atoms with E-state index in [0.29, 0.717) is 29.6 Å². The average Bonchev–Trinajstić information content (AvgIpc) is 2.53. The summed E-state index contributed by atoms with van der Waals surface area (Å²) in [5.41, 5.74) is 0.690. The third kappa shape index (κ3) is 4.38. The fourth-order valence-corrected chi connectivity index (χ4v) is 2.87. The zero-order chi connectivity index (χ0) is 17.9. The fourth-order valence-electron chi connectivity index (χ4n) is 2.64. The van der Waals surface area contributed by atoms with Crippen molar-refractivity contribution < 1.29 is 14.3 Å². The number of hydrogen-bond donors (Lipinski definition) is 1. The molecule has 1 aromatic rings. The number of carbonyl (C=O) groups is 1. The predicted octanol–water partition coefficient (Wildman–Crippen LogP) is 2.99. The van der Waals surface area contributed by atoms with E-state index in [1.807, 2.05) is 31.7 Å². The van der Waals surface area contributed by atoms with Gasteiger partial charge in [-0.15, -0.1) is 0 Å². The molecule has 0 spiro atoms. The molecule has 6 nitrogen and oxygen atoms in total. The summed E-state index contributed by atoms with van der Waals surface area (Å²) < 4.78 is 10.7. The van der Waals surface area contributed by atoms with Crippen LogP contribution >= 0.6 is 11.6 Å². The van der Waals surface area contributed by atoms with Crippen LogP contribution < -0.4 is 19.7 Å². The summed E-state index contributed by atoms with van der Waals surface area (Å²) in [6, 6.07) is 3.61. The second kappa shape index (κ2) is 7.38. The monoisotopic (exact) mass is 355 g/mol. The maximum Gasteiger partial charge on any atom is 0.317 e. The van der Waals surface area contributed by atoms with E-state index in [0.717, 1.165) is 18.8 Å². The van der Waals surface area contributed by atoms with Crippen molar-refractivity contribution in [2.75, 3.05) is 45.3 Å². The lowest BCUT2D eigenvalue weighted by atomic mass is 10.1. The van der Waals surface area contributed by atoms with E-state index in [-0.39, 0.29) is 11.6 Å². The molecule has 7 heteroatoms. The molecule has 24 heavy (non-hydrogen) atoms. The van der Waals surface area contributed by atoms with Crippen LogP contribution in [0.4, 0.5) is 10.5 Å². The second-order valence-electron chi connectivity index (χ2n) is 6.81. The van der Waals surface area contributed by atoms with Gasteiger partial charge < -0.3 is 24.6 Å². The minimum atomic E-state index is -0.235. The second-order valence-corrected chi connectivity index (χ2v) is 7.22. The first-order valence-electron chi connectivity index (χ1n) is 7.98. The minimum absolute atomic E-state index is 0.0252. The SMILES string of the molecule is COc1cc(N2CCN(C(=O)NC(C)(C)C)CC2)c(OC)cc1Cl. The van der Waals surface area contributed by atoms with Gasteiger partial charge in [0.25, 0.3) is 0 Å². The topological polar surface area (TPSA) is 54.0 Å². The van der Waals surface area contributed by atoms with Crippen molar-refractivity contribution in [2.24, 2.45) is 0 Å². The Labute approximate surface area is 148 Å². The molecule has 0 bridgehead atoms. The van der Waals surface area contributed by atoms with Crippen molar-refractivity contribution >= 4 is 23.3 Å². The Hall–Kier alpha value is -1.82. The lowest BCUT2D eigenvalue weighted by molar-refractivity contribution is 0.185. The van der Waals surface area contributed by atoms with Gasteiger partial charge in [-0.05, 0) is 20.8 Å². The highest BCUT2D eigenvalue weighted by Crippen LogP contribution is 2.38. The van der Waals surface area contributed by atoms with Gasteiger partial charge in [-0.1, -0.05) is 11.6 Å². The highest BCUT2D eigenvalue weighted by Gasteiger charge is 2.26. The van der Waals surface area contributed by atoms with Gasteiger partial charge >= 0.3 is 6.03 Å². The Morgan fingerprint density at radius 2 is 1.67 bits per heavy atom. The molecule has 1 heterocycles. The van der Waals surface area contributed by atoms with E-state index in [1.165, 1.54) is 0 Å². The number of methoxy groups -OCH3 is 2. The van der Waals surface area contributed by atoms with Crippen LogP contribution in [0.2, 0.25) is 5.02 Å². The van der Waals surface area contributed by atoms with Crippen molar-refractivity contribution in [3.63, 3.8) is 0 Å². The van der Waals surface area contributed by atoms with Gasteiger partial charge in [0.05, 0.1) is 24.9 Å². The summed E-state index contributed by atoms with van der Waals surface area (Å²) in [4.78, 5) is 16.3. The van der Waals surface area contributed by atoms with Gasteiger partial charge in [0, 0.05) is 43.9 Å². The molecule has 0 unspecified atom stereocenters. The number of halogens is 1. The molecule has 0 saturated carbocycles. The predicted molar refractivity (Wildman–Crippen MR) is 96.6 cm³/mol. The Kier molecular flexibility index (Phi) is 5.70. The summed E-state index contributed by atoms with van der Waals surface area (Å²) in [5.74, 6) is 1.31. The van der Waals surface area contributed by atoms with Crippen LogP contribution in [0.3, 0.4) is 0 Å². The quantitative estimate of drug-likeness (QED) is 0.905. The third-order valence-electron chi connectivity index (χ3n) is 3.84. The van der Waals surface area contributed by atoms with Crippen molar-refractivity contribution in [3.05, 3.63) is 17.2 Å². The molecule has 0 aromatic heterocycles. The maximum absolute atomic E-state index is 12.3. The van der Waals surface area contributed by atoms with Gasteiger partial charge in [-0.3, -0.25) is 0 Å². The summed E-state index contributed by atoms with van der Waals surface area (Å²) in [5, 5.41) is 3.51. The highest BCUT2D eigenvalue weighted by atomic mass is 35.5. The van der Waals surface area contributed by atoms with Crippen LogP contribution in [-0.2, 0) is 0 Å². The van der Waals surface area contributed by atoms with Crippen LogP contribution in [0.1, 0.15) is 20.8 Å². The molecular weight excluding hydrogens is 330 g/mol. The highest BCUT2D eigenvalue weighted by molar-refractivity contribution is 6.32. The number of carbonyl (C=O) groups excluding carboxylic acids is 1. The molecule has 2 amide bonds. The van der Waals surface area contributed by atoms with Crippen molar-refractivity contribution in [2.45, 2.75) is 26.3 Å². The molecule has 1 saturated heterocycles. The summed E-state index contributed by atoms with van der Waals surface area (Å²) >= 11 is 6.16. The lowest BCUT2D eigenvalue weighted by Gasteiger charge is -2.38. The standard InChI is InChI=1S/C17H26ClN3O3/c1-17(2,3)19-16(22)21-8-6-20(7-9-21)13-11-14(23-4)12(18)10-15(13)24-5/h10-11H,6-9H2,1-5H3,(H,19,22). The molecule has 1 aliphatic heterocycles. The molecule has 1 fully saturated rings. The minimum Gasteiger partial charge on any atom is -0.495 e. The van der Waals surface area contributed by atoms with Gasteiger partial charge in [0.2, 0.25) is 0 Å².